The van der Waals surface area contributed by atoms with Gasteiger partial charge in [0.05, 0.1) is 12.7 Å². The molecule has 0 aromatic rings. The first kappa shape index (κ1) is 13.2. The number of aliphatic hydroxyl groups is 1. The van der Waals surface area contributed by atoms with E-state index in [0.29, 0.717) is 26.3 Å². The van der Waals surface area contributed by atoms with Gasteiger partial charge in [-0.3, -0.25) is 0 Å². The summed E-state index contributed by atoms with van der Waals surface area (Å²) in [5, 5.41) is 12.2. The molecule has 84 valence electrons. The molecule has 1 amide bonds. The minimum absolute atomic E-state index is 0.205. The largest absolute Gasteiger partial charge is 0.448 e. The normalized spacial score (nSPS) is 12.4. The highest BCUT2D eigenvalue weighted by Crippen LogP contribution is 1.83. The molecule has 0 aromatic heterocycles. The number of hydrogen-bond acceptors (Lipinski definition) is 5. The van der Waals surface area contributed by atoms with Crippen molar-refractivity contribution in [3.8, 4) is 0 Å². The molecule has 1 atom stereocenters. The maximum Gasteiger partial charge on any atom is 0.404 e. The molecule has 0 saturated heterocycles. The van der Waals surface area contributed by atoms with Crippen molar-refractivity contribution < 1.29 is 19.4 Å². The van der Waals surface area contributed by atoms with Crippen LogP contribution in [0.2, 0.25) is 0 Å². The van der Waals surface area contributed by atoms with Gasteiger partial charge in [0.1, 0.15) is 6.61 Å². The Kier molecular flexibility index (Phi) is 8.20. The summed E-state index contributed by atoms with van der Waals surface area (Å²) in [7, 11) is 0. The van der Waals surface area contributed by atoms with E-state index in [9.17, 15) is 9.90 Å². The zero-order valence-electron chi connectivity index (χ0n) is 8.36. The Hall–Kier alpha value is -0.850. The molecule has 0 radical (unpaired) electrons. The summed E-state index contributed by atoms with van der Waals surface area (Å²) in [6.07, 6.45) is -1.33. The average molecular weight is 206 g/mol. The zero-order chi connectivity index (χ0) is 10.8. The summed E-state index contributed by atoms with van der Waals surface area (Å²) >= 11 is 0. The Morgan fingerprint density at radius 1 is 1.64 bits per heavy atom. The molecule has 0 bridgehead atoms. The van der Waals surface area contributed by atoms with Crippen LogP contribution in [-0.4, -0.2) is 50.2 Å². The van der Waals surface area contributed by atoms with E-state index in [1.807, 2.05) is 6.92 Å². The van der Waals surface area contributed by atoms with Crippen LogP contribution in [-0.2, 0) is 9.47 Å². The predicted octanol–water partition coefficient (Wildman–Crippen LogP) is -0.931. The summed E-state index contributed by atoms with van der Waals surface area (Å²) in [6.45, 7) is 3.83. The average Bonchev–Trinajstić information content (AvgIpc) is 2.13. The molecule has 0 heterocycles. The van der Waals surface area contributed by atoms with Crippen LogP contribution in [0, 0.1) is 0 Å². The van der Waals surface area contributed by atoms with Crippen LogP contribution in [0.4, 0.5) is 4.79 Å². The number of nitrogens with two attached hydrogens (primary N) is 1. The van der Waals surface area contributed by atoms with Crippen molar-refractivity contribution in [2.75, 3.05) is 32.9 Å². The lowest BCUT2D eigenvalue weighted by Gasteiger charge is -2.11. The van der Waals surface area contributed by atoms with Gasteiger partial charge >= 0.3 is 6.09 Å². The Labute approximate surface area is 83.4 Å². The highest BCUT2D eigenvalue weighted by Gasteiger charge is 2.02. The van der Waals surface area contributed by atoms with Gasteiger partial charge in [-0.15, -0.1) is 0 Å². The number of carbonyl (C=O) groups is 1. The van der Waals surface area contributed by atoms with Crippen molar-refractivity contribution in [1.29, 1.82) is 0 Å². The van der Waals surface area contributed by atoms with Crippen LogP contribution in [0.5, 0.6) is 0 Å². The van der Waals surface area contributed by atoms with E-state index >= 15 is 0 Å². The van der Waals surface area contributed by atoms with E-state index in [4.69, 9.17) is 10.5 Å². The summed E-state index contributed by atoms with van der Waals surface area (Å²) in [5.74, 6) is 0. The van der Waals surface area contributed by atoms with Gasteiger partial charge in [0.15, 0.2) is 0 Å². The lowest BCUT2D eigenvalue weighted by Crippen LogP contribution is -2.33. The molecule has 0 aliphatic carbocycles. The standard InChI is InChI=1S/C8H18N2O4/c1-2-13-6-7(11)5-10-3-4-14-8(9)12/h7,10-11H,2-6H2,1H3,(H2,9,12). The molecule has 6 heteroatoms. The third kappa shape index (κ3) is 9.24. The van der Waals surface area contributed by atoms with E-state index in [2.05, 4.69) is 10.1 Å². The fraction of sp³-hybridized carbons (Fsp3) is 0.875. The van der Waals surface area contributed by atoms with Crippen molar-refractivity contribution in [2.45, 2.75) is 13.0 Å². The molecule has 1 unspecified atom stereocenters. The minimum Gasteiger partial charge on any atom is -0.448 e. The summed E-state index contributed by atoms with van der Waals surface area (Å²) in [4.78, 5) is 10.1. The molecular formula is C8H18N2O4. The van der Waals surface area contributed by atoms with Crippen molar-refractivity contribution in [3.63, 3.8) is 0 Å². The number of primary amides is 1. The van der Waals surface area contributed by atoms with Crippen LogP contribution in [0.25, 0.3) is 0 Å². The van der Waals surface area contributed by atoms with Gasteiger partial charge in [-0.05, 0) is 6.92 Å². The molecule has 0 aromatic carbocycles. The molecule has 0 saturated carbocycles. The van der Waals surface area contributed by atoms with E-state index in [-0.39, 0.29) is 6.61 Å². The molecule has 4 N–H and O–H groups in total. The van der Waals surface area contributed by atoms with E-state index in [0.717, 1.165) is 0 Å². The highest BCUT2D eigenvalue weighted by molar-refractivity contribution is 5.64. The second kappa shape index (κ2) is 8.74. The van der Waals surface area contributed by atoms with E-state index < -0.39 is 12.2 Å². The monoisotopic (exact) mass is 206 g/mol. The summed E-state index contributed by atoms with van der Waals surface area (Å²) in [5.41, 5.74) is 4.74. The fourth-order valence-electron chi connectivity index (χ4n) is 0.805. The zero-order valence-corrected chi connectivity index (χ0v) is 8.36. The van der Waals surface area contributed by atoms with Crippen molar-refractivity contribution in [3.05, 3.63) is 0 Å². The SMILES string of the molecule is CCOCC(O)CNCCOC(N)=O. The van der Waals surface area contributed by atoms with E-state index in [1.54, 1.807) is 0 Å². The molecule has 0 rings (SSSR count). The van der Waals surface area contributed by atoms with Gasteiger partial charge in [0.2, 0.25) is 0 Å². The number of nitrogens with one attached hydrogen (secondary N) is 1. The lowest BCUT2D eigenvalue weighted by atomic mass is 10.4. The van der Waals surface area contributed by atoms with Gasteiger partial charge in [0.25, 0.3) is 0 Å². The van der Waals surface area contributed by atoms with Crippen LogP contribution >= 0.6 is 0 Å². The molecule has 6 nitrogen and oxygen atoms in total. The first-order valence-electron chi connectivity index (χ1n) is 4.55. The van der Waals surface area contributed by atoms with Gasteiger partial charge in [-0.1, -0.05) is 0 Å². The predicted molar refractivity (Wildman–Crippen MR) is 50.9 cm³/mol. The minimum atomic E-state index is -0.790. The first-order valence-corrected chi connectivity index (χ1v) is 4.55. The van der Waals surface area contributed by atoms with Crippen LogP contribution < -0.4 is 11.1 Å². The van der Waals surface area contributed by atoms with Crippen molar-refractivity contribution in [2.24, 2.45) is 5.73 Å². The third-order valence-electron chi connectivity index (χ3n) is 1.42. The number of hydrogen-bond donors (Lipinski definition) is 3. The highest BCUT2D eigenvalue weighted by atomic mass is 16.5. The second-order valence-electron chi connectivity index (χ2n) is 2.68. The lowest BCUT2D eigenvalue weighted by molar-refractivity contribution is 0.0422. The molecule has 0 spiro atoms. The molecule has 0 aliphatic heterocycles. The maximum absolute atomic E-state index is 10.1. The summed E-state index contributed by atoms with van der Waals surface area (Å²) < 4.78 is 9.46. The fourth-order valence-corrected chi connectivity index (χ4v) is 0.805. The number of rotatable bonds is 8. The van der Waals surface area contributed by atoms with Gasteiger partial charge in [0, 0.05) is 19.7 Å². The first-order chi connectivity index (χ1) is 6.66. The van der Waals surface area contributed by atoms with Gasteiger partial charge in [-0.2, -0.15) is 0 Å². The van der Waals surface area contributed by atoms with Gasteiger partial charge < -0.3 is 25.6 Å². The number of aliphatic hydroxyl groups excluding tert-OH is 1. The van der Waals surface area contributed by atoms with E-state index in [1.165, 1.54) is 0 Å². The molecule has 14 heavy (non-hydrogen) atoms. The van der Waals surface area contributed by atoms with Crippen LogP contribution in [0.15, 0.2) is 0 Å². The molecule has 0 aliphatic rings. The van der Waals surface area contributed by atoms with Gasteiger partial charge in [-0.25, -0.2) is 4.79 Å². The Morgan fingerprint density at radius 3 is 2.93 bits per heavy atom. The van der Waals surface area contributed by atoms with Crippen LogP contribution in [0.3, 0.4) is 0 Å². The Morgan fingerprint density at radius 2 is 2.36 bits per heavy atom. The number of carbonyl (C=O) groups excluding carboxylic acids is 1. The second-order valence-corrected chi connectivity index (χ2v) is 2.68. The number of ether oxygens (including phenoxy) is 2. The summed E-state index contributed by atoms with van der Waals surface area (Å²) in [6, 6.07) is 0. The molecular weight excluding hydrogens is 188 g/mol. The van der Waals surface area contributed by atoms with Crippen molar-refractivity contribution >= 4 is 6.09 Å². The van der Waals surface area contributed by atoms with Crippen LogP contribution in [0.1, 0.15) is 6.92 Å². The smallest absolute Gasteiger partial charge is 0.404 e. The quantitative estimate of drug-likeness (QED) is 0.446. The third-order valence-corrected chi connectivity index (χ3v) is 1.42. The topological polar surface area (TPSA) is 93.8 Å². The Balaban J connectivity index is 3.14. The Bertz CT molecular complexity index is 154. The number of amides is 1. The molecule has 0 fully saturated rings. The maximum atomic E-state index is 10.1. The van der Waals surface area contributed by atoms with Crippen molar-refractivity contribution in [1.82, 2.24) is 5.32 Å².